The number of halogens is 1. The van der Waals surface area contributed by atoms with Gasteiger partial charge in [-0.3, -0.25) is 9.59 Å². The molecule has 3 aromatic rings. The molecule has 0 saturated carbocycles. The molecule has 3 atom stereocenters. The fraction of sp³-hybridized carbons (Fsp3) is 0.304. The predicted octanol–water partition coefficient (Wildman–Crippen LogP) is 3.63. The minimum absolute atomic E-state index is 0.255. The number of para-hydroxylation sites is 1. The monoisotopic (exact) mass is 467 g/mol. The van der Waals surface area contributed by atoms with Gasteiger partial charge in [-0.1, -0.05) is 34.1 Å². The van der Waals surface area contributed by atoms with E-state index >= 15 is 0 Å². The Morgan fingerprint density at radius 2 is 2.03 bits per heavy atom. The second kappa shape index (κ2) is 6.87. The molecule has 1 fully saturated rings. The first kappa shape index (κ1) is 19.2. The van der Waals surface area contributed by atoms with Crippen molar-refractivity contribution in [3.63, 3.8) is 0 Å². The number of aromatic nitrogens is 1. The van der Waals surface area contributed by atoms with Crippen LogP contribution in [0.25, 0.3) is 10.9 Å². The molecule has 1 saturated heterocycles. The normalized spacial score (nSPS) is 25.1. The number of primary amides is 1. The van der Waals surface area contributed by atoms with E-state index in [4.69, 9.17) is 10.5 Å². The van der Waals surface area contributed by atoms with Crippen molar-refractivity contribution in [3.8, 4) is 5.75 Å². The zero-order valence-electron chi connectivity index (χ0n) is 16.5. The molecular weight excluding hydrogens is 446 g/mol. The molecule has 6 nitrogen and oxygen atoms in total. The molecular formula is C23H22BrN3O3. The van der Waals surface area contributed by atoms with Gasteiger partial charge in [0, 0.05) is 47.0 Å². The van der Waals surface area contributed by atoms with Crippen molar-refractivity contribution in [3.05, 3.63) is 64.8 Å². The summed E-state index contributed by atoms with van der Waals surface area (Å²) in [5.74, 6) is -1.25. The molecule has 3 heterocycles. The van der Waals surface area contributed by atoms with Gasteiger partial charge in [-0.15, -0.1) is 0 Å². The van der Waals surface area contributed by atoms with E-state index in [9.17, 15) is 9.59 Å². The van der Waals surface area contributed by atoms with Crippen molar-refractivity contribution in [1.29, 1.82) is 0 Å². The van der Waals surface area contributed by atoms with E-state index in [1.54, 1.807) is 4.90 Å². The average Bonchev–Trinajstić information content (AvgIpc) is 3.09. The van der Waals surface area contributed by atoms with Crippen LogP contribution in [0.2, 0.25) is 0 Å². The molecule has 0 spiro atoms. The summed E-state index contributed by atoms with van der Waals surface area (Å²) in [7, 11) is 0. The minimum atomic E-state index is -0.875. The number of amides is 2. The van der Waals surface area contributed by atoms with Gasteiger partial charge in [0.2, 0.25) is 11.8 Å². The Hall–Kier alpha value is -2.80. The van der Waals surface area contributed by atoms with Crippen LogP contribution in [0.1, 0.15) is 24.8 Å². The maximum Gasteiger partial charge on any atom is 0.238 e. The van der Waals surface area contributed by atoms with Gasteiger partial charge in [0.1, 0.15) is 11.7 Å². The number of fused-ring (bicyclic) bond motifs is 5. The van der Waals surface area contributed by atoms with Crippen LogP contribution >= 0.6 is 15.9 Å². The lowest BCUT2D eigenvalue weighted by molar-refractivity contribution is -0.175. The molecule has 0 aliphatic carbocycles. The maximum absolute atomic E-state index is 13.4. The summed E-state index contributed by atoms with van der Waals surface area (Å²) < 4.78 is 9.45. The molecule has 2 aliphatic rings. The van der Waals surface area contributed by atoms with E-state index in [2.05, 4.69) is 38.7 Å². The Labute approximate surface area is 182 Å². The van der Waals surface area contributed by atoms with Crippen molar-refractivity contribution in [2.24, 2.45) is 11.7 Å². The highest BCUT2D eigenvalue weighted by atomic mass is 79.9. The third-order valence-electron chi connectivity index (χ3n) is 6.36. The highest BCUT2D eigenvalue weighted by Crippen LogP contribution is 2.49. The summed E-state index contributed by atoms with van der Waals surface area (Å²) in [6, 6.07) is 15.8. The first-order chi connectivity index (χ1) is 14.4. The predicted molar refractivity (Wildman–Crippen MR) is 117 cm³/mol. The van der Waals surface area contributed by atoms with Crippen molar-refractivity contribution in [2.75, 3.05) is 6.54 Å². The minimum Gasteiger partial charge on any atom is -0.468 e. The van der Waals surface area contributed by atoms with Gasteiger partial charge in [-0.05, 0) is 42.8 Å². The zero-order chi connectivity index (χ0) is 21.0. The van der Waals surface area contributed by atoms with Gasteiger partial charge in [0.05, 0.1) is 0 Å². The highest BCUT2D eigenvalue weighted by molar-refractivity contribution is 9.10. The molecule has 2 aromatic carbocycles. The number of nitrogens with zero attached hydrogens (tertiary/aromatic N) is 2. The van der Waals surface area contributed by atoms with Crippen molar-refractivity contribution in [2.45, 2.75) is 31.5 Å². The van der Waals surface area contributed by atoms with Crippen LogP contribution < -0.4 is 10.5 Å². The van der Waals surface area contributed by atoms with E-state index in [1.165, 1.54) is 0 Å². The van der Waals surface area contributed by atoms with E-state index in [0.29, 0.717) is 19.5 Å². The number of hydrogen-bond donors (Lipinski definition) is 1. The molecule has 2 aliphatic heterocycles. The number of nitrogens with two attached hydrogens (primary N) is 1. The SMILES string of the molecule is CC12CC(c3ccccc3O1)C(C(N)=O)C(=O)N2CCn1ccc2cc(Br)ccc21. The molecule has 2 N–H and O–H groups in total. The third kappa shape index (κ3) is 2.91. The second-order valence-corrected chi connectivity index (χ2v) is 9.12. The van der Waals surface area contributed by atoms with Crippen LogP contribution in [0.3, 0.4) is 0 Å². The van der Waals surface area contributed by atoms with Crippen LogP contribution in [0.4, 0.5) is 0 Å². The molecule has 1 aromatic heterocycles. The lowest BCUT2D eigenvalue weighted by atomic mass is 9.73. The molecule has 3 unspecified atom stereocenters. The number of piperidine rings is 1. The molecule has 0 radical (unpaired) electrons. The zero-order valence-corrected chi connectivity index (χ0v) is 18.1. The number of carbonyl (C=O) groups excluding carboxylic acids is 2. The molecule has 2 amide bonds. The Kier molecular flexibility index (Phi) is 4.39. The summed E-state index contributed by atoms with van der Waals surface area (Å²) in [6.45, 7) is 2.94. The Balaban J connectivity index is 1.48. The standard InChI is InChI=1S/C23H22BrN3O3/c1-23-13-17(16-4-2-3-5-19(16)30-23)20(21(25)28)22(29)27(23)11-10-26-9-8-14-12-15(24)6-7-18(14)26/h2-9,12,17,20H,10-11,13H2,1H3,(H2,25,28). The largest absolute Gasteiger partial charge is 0.468 e. The number of hydrogen-bond acceptors (Lipinski definition) is 3. The molecule has 30 heavy (non-hydrogen) atoms. The van der Waals surface area contributed by atoms with Crippen LogP contribution in [-0.4, -0.2) is 33.6 Å². The summed E-state index contributed by atoms with van der Waals surface area (Å²) in [5, 5.41) is 1.12. The first-order valence-electron chi connectivity index (χ1n) is 10.0. The quantitative estimate of drug-likeness (QED) is 0.595. The third-order valence-corrected chi connectivity index (χ3v) is 6.85. The van der Waals surface area contributed by atoms with Gasteiger partial charge in [-0.25, -0.2) is 0 Å². The second-order valence-electron chi connectivity index (χ2n) is 8.21. The molecule has 2 bridgehead atoms. The molecule has 7 heteroatoms. The van der Waals surface area contributed by atoms with Crippen LogP contribution in [0, 0.1) is 5.92 Å². The molecule has 154 valence electrons. The number of benzene rings is 2. The average molecular weight is 468 g/mol. The van der Waals surface area contributed by atoms with Gasteiger partial charge < -0.3 is 19.9 Å². The Bertz CT molecular complexity index is 1170. The van der Waals surface area contributed by atoms with Gasteiger partial charge in [0.25, 0.3) is 0 Å². The number of likely N-dealkylation sites (tertiary alicyclic amines) is 1. The fourth-order valence-electron chi connectivity index (χ4n) is 4.95. The summed E-state index contributed by atoms with van der Waals surface area (Å²) >= 11 is 3.50. The van der Waals surface area contributed by atoms with Crippen molar-refractivity contribution < 1.29 is 14.3 Å². The van der Waals surface area contributed by atoms with Crippen LogP contribution in [-0.2, 0) is 16.1 Å². The maximum atomic E-state index is 13.4. The smallest absolute Gasteiger partial charge is 0.238 e. The highest BCUT2D eigenvalue weighted by Gasteiger charge is 2.55. The Morgan fingerprint density at radius 1 is 1.23 bits per heavy atom. The van der Waals surface area contributed by atoms with E-state index < -0.39 is 17.6 Å². The van der Waals surface area contributed by atoms with E-state index in [1.807, 2.05) is 43.5 Å². The fourth-order valence-corrected chi connectivity index (χ4v) is 5.33. The first-order valence-corrected chi connectivity index (χ1v) is 10.8. The summed E-state index contributed by atoms with van der Waals surface area (Å²) in [4.78, 5) is 27.4. The summed E-state index contributed by atoms with van der Waals surface area (Å²) in [6.07, 6.45) is 2.56. The van der Waals surface area contributed by atoms with Crippen molar-refractivity contribution >= 4 is 38.6 Å². The van der Waals surface area contributed by atoms with Gasteiger partial charge >= 0.3 is 0 Å². The van der Waals surface area contributed by atoms with Crippen LogP contribution in [0.5, 0.6) is 5.75 Å². The summed E-state index contributed by atoms with van der Waals surface area (Å²) in [5.41, 5.74) is 6.86. The van der Waals surface area contributed by atoms with Crippen molar-refractivity contribution in [1.82, 2.24) is 9.47 Å². The van der Waals surface area contributed by atoms with Gasteiger partial charge in [-0.2, -0.15) is 0 Å². The van der Waals surface area contributed by atoms with Gasteiger partial charge in [0.15, 0.2) is 5.72 Å². The number of rotatable bonds is 4. The topological polar surface area (TPSA) is 77.6 Å². The lowest BCUT2D eigenvalue weighted by Gasteiger charge is -2.52. The van der Waals surface area contributed by atoms with Crippen LogP contribution in [0.15, 0.2) is 59.2 Å². The lowest BCUT2D eigenvalue weighted by Crippen LogP contribution is -2.65. The van der Waals surface area contributed by atoms with E-state index in [0.717, 1.165) is 26.7 Å². The Morgan fingerprint density at radius 3 is 2.83 bits per heavy atom. The number of carbonyl (C=O) groups is 2. The van der Waals surface area contributed by atoms with E-state index in [-0.39, 0.29) is 11.8 Å². The number of ether oxygens (including phenoxy) is 1. The molecule has 5 rings (SSSR count).